The third-order valence-corrected chi connectivity index (χ3v) is 3.06. The number of nitrogens with one attached hydrogen (secondary N) is 1. The summed E-state index contributed by atoms with van der Waals surface area (Å²) in [6.45, 7) is 2.58. The molecule has 4 nitrogen and oxygen atoms in total. The predicted octanol–water partition coefficient (Wildman–Crippen LogP) is 1.87. The summed E-state index contributed by atoms with van der Waals surface area (Å²) >= 11 is 0. The third-order valence-electron chi connectivity index (χ3n) is 3.06. The van der Waals surface area contributed by atoms with Crippen molar-refractivity contribution in [1.82, 2.24) is 5.32 Å². The fraction of sp³-hybridized carbons (Fsp3) is 0.533. The van der Waals surface area contributed by atoms with Crippen LogP contribution < -0.4 is 5.32 Å². The summed E-state index contributed by atoms with van der Waals surface area (Å²) in [6, 6.07) is 9.10. The number of methoxy groups -OCH3 is 1. The Hall–Kier alpha value is -1.39. The minimum absolute atomic E-state index is 0.417. The van der Waals surface area contributed by atoms with Crippen molar-refractivity contribution in [1.29, 1.82) is 0 Å². The minimum atomic E-state index is -0.712. The second-order valence-electron chi connectivity index (χ2n) is 4.58. The second-order valence-corrected chi connectivity index (χ2v) is 4.58. The summed E-state index contributed by atoms with van der Waals surface area (Å²) in [5, 5.41) is 13.1. The molecule has 2 atom stereocenters. The van der Waals surface area contributed by atoms with Gasteiger partial charge in [-0.2, -0.15) is 0 Å². The van der Waals surface area contributed by atoms with Gasteiger partial charge < -0.3 is 9.84 Å². The predicted molar refractivity (Wildman–Crippen MR) is 74.6 cm³/mol. The molecule has 0 bridgehead atoms. The molecule has 1 aromatic rings. The minimum Gasteiger partial charge on any atom is -0.468 e. The zero-order chi connectivity index (χ0) is 14.1. The number of hydrogen-bond acceptors (Lipinski definition) is 4. The van der Waals surface area contributed by atoms with Gasteiger partial charge in [-0.15, -0.1) is 0 Å². The lowest BCUT2D eigenvalue weighted by Gasteiger charge is -2.22. The molecule has 2 N–H and O–H groups in total. The van der Waals surface area contributed by atoms with Crippen molar-refractivity contribution in [2.24, 2.45) is 0 Å². The van der Waals surface area contributed by atoms with Gasteiger partial charge in [0.25, 0.3) is 0 Å². The van der Waals surface area contributed by atoms with E-state index in [1.54, 1.807) is 0 Å². The van der Waals surface area contributed by atoms with E-state index in [-0.39, 0.29) is 0 Å². The van der Waals surface area contributed by atoms with Crippen LogP contribution in [0.15, 0.2) is 30.3 Å². The molecule has 0 fully saturated rings. The number of benzene rings is 1. The molecule has 1 rings (SSSR count). The van der Waals surface area contributed by atoms with Crippen LogP contribution in [0.25, 0.3) is 0 Å². The highest BCUT2D eigenvalue weighted by Crippen LogP contribution is 2.08. The molecular weight excluding hydrogens is 242 g/mol. The molecular formula is C15H23NO3. The first-order chi connectivity index (χ1) is 9.19. The average Bonchev–Trinajstić information content (AvgIpc) is 2.46. The molecule has 0 amide bonds. The molecule has 0 radical (unpaired) electrons. The summed E-state index contributed by atoms with van der Waals surface area (Å²) in [6.07, 6.45) is 1.76. The van der Waals surface area contributed by atoms with Gasteiger partial charge in [0.05, 0.1) is 13.2 Å². The van der Waals surface area contributed by atoms with E-state index in [2.05, 4.69) is 12.2 Å². The number of aliphatic hydroxyl groups is 1. The van der Waals surface area contributed by atoms with E-state index in [9.17, 15) is 9.90 Å². The molecule has 0 saturated heterocycles. The number of rotatable bonds is 8. The van der Waals surface area contributed by atoms with Crippen LogP contribution >= 0.6 is 0 Å². The van der Waals surface area contributed by atoms with Gasteiger partial charge >= 0.3 is 5.97 Å². The van der Waals surface area contributed by atoms with Gasteiger partial charge in [-0.25, -0.2) is 0 Å². The van der Waals surface area contributed by atoms with E-state index in [1.165, 1.54) is 7.11 Å². The molecule has 0 aliphatic carbocycles. The molecule has 19 heavy (non-hydrogen) atoms. The van der Waals surface area contributed by atoms with Gasteiger partial charge in [0.1, 0.15) is 6.04 Å². The van der Waals surface area contributed by atoms with Crippen molar-refractivity contribution in [3.8, 4) is 0 Å². The van der Waals surface area contributed by atoms with Gasteiger partial charge in [-0.3, -0.25) is 10.1 Å². The van der Waals surface area contributed by atoms with E-state index in [4.69, 9.17) is 4.74 Å². The van der Waals surface area contributed by atoms with Gasteiger partial charge in [0, 0.05) is 6.54 Å². The highest BCUT2D eigenvalue weighted by atomic mass is 16.5. The van der Waals surface area contributed by atoms with E-state index in [0.717, 1.165) is 18.4 Å². The molecule has 0 heterocycles. The number of unbranched alkanes of at least 4 members (excludes halogenated alkanes) is 1. The molecule has 106 valence electrons. The standard InChI is InChI=1S/C15H23NO3/c1-3-4-10-13(17)14(15(18)19-2)16-11-12-8-6-5-7-9-12/h5-9,13-14,16-17H,3-4,10-11H2,1-2H3/t13-,14+/m0/s1. The summed E-state index contributed by atoms with van der Waals surface area (Å²) in [7, 11) is 1.34. The third kappa shape index (κ3) is 5.41. The Morgan fingerprint density at radius 2 is 2.05 bits per heavy atom. The Balaban J connectivity index is 2.56. The van der Waals surface area contributed by atoms with Gasteiger partial charge in [0.15, 0.2) is 0 Å². The van der Waals surface area contributed by atoms with Crippen LogP contribution in [0, 0.1) is 0 Å². The van der Waals surface area contributed by atoms with Gasteiger partial charge in [-0.05, 0) is 12.0 Å². The Bertz CT molecular complexity index is 367. The molecule has 0 aliphatic heterocycles. The van der Waals surface area contributed by atoms with Gasteiger partial charge in [-0.1, -0.05) is 50.1 Å². The summed E-state index contributed by atoms with van der Waals surface area (Å²) < 4.78 is 4.74. The van der Waals surface area contributed by atoms with Crippen molar-refractivity contribution in [3.63, 3.8) is 0 Å². The van der Waals surface area contributed by atoms with Crippen LogP contribution in [0.2, 0.25) is 0 Å². The Kier molecular flexibility index (Phi) is 7.15. The Morgan fingerprint density at radius 1 is 1.37 bits per heavy atom. The number of ether oxygens (including phenoxy) is 1. The maximum Gasteiger partial charge on any atom is 0.325 e. The number of carbonyl (C=O) groups is 1. The maximum atomic E-state index is 11.7. The second kappa shape index (κ2) is 8.67. The number of esters is 1. The van der Waals surface area contributed by atoms with E-state index >= 15 is 0 Å². The molecule has 4 heteroatoms. The van der Waals surface area contributed by atoms with Crippen molar-refractivity contribution in [2.75, 3.05) is 7.11 Å². The van der Waals surface area contributed by atoms with E-state index in [1.807, 2.05) is 30.3 Å². The van der Waals surface area contributed by atoms with E-state index in [0.29, 0.717) is 13.0 Å². The molecule has 0 saturated carbocycles. The lowest BCUT2D eigenvalue weighted by molar-refractivity contribution is -0.146. The normalized spacial score (nSPS) is 13.8. The molecule has 0 unspecified atom stereocenters. The van der Waals surface area contributed by atoms with Crippen LogP contribution in [-0.4, -0.2) is 30.3 Å². The zero-order valence-electron chi connectivity index (χ0n) is 11.6. The fourth-order valence-electron chi connectivity index (χ4n) is 1.91. The van der Waals surface area contributed by atoms with Crippen molar-refractivity contribution < 1.29 is 14.6 Å². The Morgan fingerprint density at radius 3 is 2.63 bits per heavy atom. The largest absolute Gasteiger partial charge is 0.468 e. The Labute approximate surface area is 114 Å². The quantitative estimate of drug-likeness (QED) is 0.705. The highest BCUT2D eigenvalue weighted by Gasteiger charge is 2.26. The summed E-state index contributed by atoms with van der Waals surface area (Å²) in [5.74, 6) is -0.417. The van der Waals surface area contributed by atoms with Crippen LogP contribution in [-0.2, 0) is 16.1 Å². The summed E-state index contributed by atoms with van der Waals surface area (Å²) in [4.78, 5) is 11.7. The van der Waals surface area contributed by atoms with Crippen LogP contribution in [0.5, 0.6) is 0 Å². The number of carbonyl (C=O) groups excluding carboxylic acids is 1. The summed E-state index contributed by atoms with van der Waals surface area (Å²) in [5.41, 5.74) is 1.07. The molecule has 0 aromatic heterocycles. The maximum absolute atomic E-state index is 11.7. The average molecular weight is 265 g/mol. The molecule has 0 aliphatic rings. The van der Waals surface area contributed by atoms with Crippen molar-refractivity contribution >= 4 is 5.97 Å². The highest BCUT2D eigenvalue weighted by molar-refractivity contribution is 5.76. The van der Waals surface area contributed by atoms with Crippen LogP contribution in [0.4, 0.5) is 0 Å². The number of hydrogen-bond donors (Lipinski definition) is 2. The zero-order valence-corrected chi connectivity index (χ0v) is 11.6. The fourth-order valence-corrected chi connectivity index (χ4v) is 1.91. The lowest BCUT2D eigenvalue weighted by Crippen LogP contribution is -2.46. The smallest absolute Gasteiger partial charge is 0.325 e. The van der Waals surface area contributed by atoms with Crippen molar-refractivity contribution in [2.45, 2.75) is 44.9 Å². The van der Waals surface area contributed by atoms with Crippen LogP contribution in [0.3, 0.4) is 0 Å². The first kappa shape index (κ1) is 15.7. The van der Waals surface area contributed by atoms with Crippen molar-refractivity contribution in [3.05, 3.63) is 35.9 Å². The molecule has 1 aromatic carbocycles. The monoisotopic (exact) mass is 265 g/mol. The first-order valence-corrected chi connectivity index (χ1v) is 6.72. The van der Waals surface area contributed by atoms with Crippen LogP contribution in [0.1, 0.15) is 31.7 Å². The number of aliphatic hydroxyl groups excluding tert-OH is 1. The lowest BCUT2D eigenvalue weighted by atomic mass is 10.0. The van der Waals surface area contributed by atoms with E-state index < -0.39 is 18.1 Å². The first-order valence-electron chi connectivity index (χ1n) is 6.72. The molecule has 0 spiro atoms. The SMILES string of the molecule is CCCC[C@H](O)[C@@H](NCc1ccccc1)C(=O)OC. The van der Waals surface area contributed by atoms with Gasteiger partial charge in [0.2, 0.25) is 0 Å². The topological polar surface area (TPSA) is 58.6 Å².